The maximum absolute atomic E-state index is 6.22. The van der Waals surface area contributed by atoms with Crippen LogP contribution in [0.2, 0.25) is 0 Å². The van der Waals surface area contributed by atoms with Gasteiger partial charge in [0.1, 0.15) is 17.7 Å². The van der Waals surface area contributed by atoms with Gasteiger partial charge in [-0.15, -0.1) is 24.0 Å². The van der Waals surface area contributed by atoms with E-state index in [9.17, 15) is 0 Å². The van der Waals surface area contributed by atoms with Gasteiger partial charge in [-0.1, -0.05) is 42.5 Å². The number of guanidine groups is 1. The molecule has 3 aromatic rings. The molecule has 0 saturated carbocycles. The largest absolute Gasteiger partial charge is 0.488 e. The van der Waals surface area contributed by atoms with Crippen LogP contribution >= 0.6 is 24.0 Å². The Morgan fingerprint density at radius 2 is 2.06 bits per heavy atom. The Morgan fingerprint density at radius 1 is 1.21 bits per heavy atom. The van der Waals surface area contributed by atoms with Crippen LogP contribution in [0.5, 0.6) is 5.75 Å². The predicted molar refractivity (Wildman–Crippen MR) is 146 cm³/mol. The van der Waals surface area contributed by atoms with Crippen molar-refractivity contribution in [3.05, 3.63) is 83.4 Å². The molecular weight excluding hydrogens is 541 g/mol. The van der Waals surface area contributed by atoms with Gasteiger partial charge >= 0.3 is 0 Å². The zero-order valence-corrected chi connectivity index (χ0v) is 22.2. The summed E-state index contributed by atoms with van der Waals surface area (Å²) < 4.78 is 13.8. The van der Waals surface area contributed by atoms with Crippen LogP contribution in [0.15, 0.2) is 65.9 Å². The van der Waals surface area contributed by atoms with Gasteiger partial charge in [0.25, 0.3) is 0 Å². The predicted octanol–water partition coefficient (Wildman–Crippen LogP) is 4.28. The molecule has 8 heteroatoms. The first kappa shape index (κ1) is 26.0. The van der Waals surface area contributed by atoms with E-state index < -0.39 is 0 Å². The van der Waals surface area contributed by atoms with Crippen molar-refractivity contribution < 1.29 is 9.47 Å². The van der Waals surface area contributed by atoms with E-state index in [0.29, 0.717) is 19.7 Å². The van der Waals surface area contributed by atoms with Gasteiger partial charge in [-0.3, -0.25) is 0 Å². The maximum Gasteiger partial charge on any atom is 0.191 e. The maximum atomic E-state index is 6.22. The molecule has 2 heterocycles. The average molecular weight is 575 g/mol. The fraction of sp³-hybridized carbons (Fsp3) is 0.385. The normalized spacial score (nSPS) is 15.6. The number of aryl methyl sites for hydroxylation is 1. The molecule has 0 bridgehead atoms. The summed E-state index contributed by atoms with van der Waals surface area (Å²) >= 11 is 0. The second-order valence-corrected chi connectivity index (χ2v) is 8.22. The first-order valence-electron chi connectivity index (χ1n) is 11.6. The average Bonchev–Trinajstić information content (AvgIpc) is 3.49. The minimum Gasteiger partial charge on any atom is -0.488 e. The lowest BCUT2D eigenvalue weighted by Crippen LogP contribution is -2.37. The van der Waals surface area contributed by atoms with Crippen LogP contribution < -0.4 is 15.4 Å². The molecule has 1 atom stereocenters. The van der Waals surface area contributed by atoms with Crippen molar-refractivity contribution in [3.63, 3.8) is 0 Å². The number of hydrogen-bond donors (Lipinski definition) is 2. The Hall–Kier alpha value is -2.59. The van der Waals surface area contributed by atoms with Crippen LogP contribution in [-0.2, 0) is 24.4 Å². The Kier molecular flexibility index (Phi) is 10.2. The molecule has 0 amide bonds. The molecule has 4 rings (SSSR count). The molecule has 34 heavy (non-hydrogen) atoms. The molecule has 7 nitrogen and oxygen atoms in total. The van der Waals surface area contributed by atoms with Gasteiger partial charge in [0, 0.05) is 37.5 Å². The third-order valence-corrected chi connectivity index (χ3v) is 5.57. The summed E-state index contributed by atoms with van der Waals surface area (Å²) in [7, 11) is 0. The fourth-order valence-electron chi connectivity index (χ4n) is 3.79. The van der Waals surface area contributed by atoms with E-state index in [-0.39, 0.29) is 30.1 Å². The first-order valence-corrected chi connectivity index (χ1v) is 11.6. The number of aliphatic imine (C=N–C) groups is 1. The van der Waals surface area contributed by atoms with Crippen LogP contribution in [0.3, 0.4) is 0 Å². The van der Waals surface area contributed by atoms with Crippen LogP contribution in [0.4, 0.5) is 0 Å². The smallest absolute Gasteiger partial charge is 0.191 e. The Bertz CT molecular complexity index is 1050. The number of imidazole rings is 1. The zero-order valence-electron chi connectivity index (χ0n) is 19.9. The van der Waals surface area contributed by atoms with E-state index >= 15 is 0 Å². The molecule has 1 unspecified atom stereocenters. The lowest BCUT2D eigenvalue weighted by Gasteiger charge is -2.16. The summed E-state index contributed by atoms with van der Waals surface area (Å²) in [4.78, 5) is 9.34. The third-order valence-electron chi connectivity index (χ3n) is 5.57. The number of hydrogen-bond acceptors (Lipinski definition) is 4. The first-order chi connectivity index (χ1) is 16.2. The molecule has 0 aliphatic carbocycles. The van der Waals surface area contributed by atoms with Crippen molar-refractivity contribution in [1.82, 2.24) is 20.2 Å². The van der Waals surface area contributed by atoms with Gasteiger partial charge in [-0.25, -0.2) is 9.98 Å². The van der Waals surface area contributed by atoms with Crippen LogP contribution in [0.25, 0.3) is 0 Å². The fourth-order valence-corrected chi connectivity index (χ4v) is 3.79. The summed E-state index contributed by atoms with van der Waals surface area (Å²) in [5.74, 6) is 2.61. The van der Waals surface area contributed by atoms with Crippen molar-refractivity contribution >= 4 is 29.9 Å². The number of nitrogens with zero attached hydrogens (tertiary/aromatic N) is 3. The van der Waals surface area contributed by atoms with Crippen molar-refractivity contribution in [2.45, 2.75) is 46.0 Å². The summed E-state index contributed by atoms with van der Waals surface area (Å²) in [6, 6.07) is 16.7. The van der Waals surface area contributed by atoms with Gasteiger partial charge in [-0.05, 0) is 31.0 Å². The van der Waals surface area contributed by atoms with Crippen LogP contribution in [-0.4, -0.2) is 41.4 Å². The molecular formula is C26H34IN5O2. The molecule has 2 aromatic carbocycles. The molecule has 0 spiro atoms. The number of rotatable bonds is 9. The van der Waals surface area contributed by atoms with Crippen molar-refractivity contribution in [3.8, 4) is 5.75 Å². The number of nitrogens with one attached hydrogen (secondary N) is 2. The second-order valence-electron chi connectivity index (χ2n) is 8.22. The van der Waals surface area contributed by atoms with Crippen LogP contribution in [0, 0.1) is 6.92 Å². The molecule has 1 aliphatic rings. The summed E-state index contributed by atoms with van der Waals surface area (Å²) in [5.41, 5.74) is 3.49. The minimum atomic E-state index is 0. The van der Waals surface area contributed by atoms with Crippen molar-refractivity contribution in [2.24, 2.45) is 4.99 Å². The third kappa shape index (κ3) is 7.46. The van der Waals surface area contributed by atoms with Crippen molar-refractivity contribution in [2.75, 3.05) is 19.8 Å². The standard InChI is InChI=1S/C26H33N5O2.HI/c1-3-27-26(30-17-25-28-12-13-31(25)18-21-7-5-4-6-8-21)29-16-22-10-9-20(2)15-24(22)33-23-11-14-32-19-23;/h4-10,12-13,15,23H,3,11,14,16-19H2,1-2H3,(H2,27,29,30);1H. The molecule has 2 N–H and O–H groups in total. The highest BCUT2D eigenvalue weighted by molar-refractivity contribution is 14.0. The summed E-state index contributed by atoms with van der Waals surface area (Å²) in [5, 5.41) is 6.75. The number of aromatic nitrogens is 2. The Morgan fingerprint density at radius 3 is 2.82 bits per heavy atom. The topological polar surface area (TPSA) is 72.7 Å². The summed E-state index contributed by atoms with van der Waals surface area (Å²) in [6.45, 7) is 8.23. The number of benzene rings is 2. The molecule has 1 fully saturated rings. The molecule has 1 aliphatic heterocycles. The van der Waals surface area contributed by atoms with Gasteiger partial charge in [0.15, 0.2) is 5.96 Å². The van der Waals surface area contributed by atoms with Gasteiger partial charge < -0.3 is 24.7 Å². The highest BCUT2D eigenvalue weighted by Crippen LogP contribution is 2.24. The quantitative estimate of drug-likeness (QED) is 0.227. The molecule has 0 radical (unpaired) electrons. The van der Waals surface area contributed by atoms with E-state index in [1.54, 1.807) is 0 Å². The van der Waals surface area contributed by atoms with Crippen molar-refractivity contribution in [1.29, 1.82) is 0 Å². The van der Waals surface area contributed by atoms with Gasteiger partial charge in [0.2, 0.25) is 0 Å². The lowest BCUT2D eigenvalue weighted by atomic mass is 10.1. The van der Waals surface area contributed by atoms with Gasteiger partial charge in [0.05, 0.1) is 26.3 Å². The molecule has 1 saturated heterocycles. The van der Waals surface area contributed by atoms with Crippen LogP contribution in [0.1, 0.15) is 35.9 Å². The van der Waals surface area contributed by atoms with E-state index in [1.807, 2.05) is 18.5 Å². The van der Waals surface area contributed by atoms with E-state index in [4.69, 9.17) is 14.5 Å². The number of halogens is 1. The monoisotopic (exact) mass is 575 g/mol. The number of ether oxygens (including phenoxy) is 2. The minimum absolute atomic E-state index is 0. The van der Waals surface area contributed by atoms with E-state index in [2.05, 4.69) is 76.5 Å². The summed E-state index contributed by atoms with van der Waals surface area (Å²) in [6.07, 6.45) is 4.89. The Balaban J connectivity index is 0.00000324. The second kappa shape index (κ2) is 13.3. The highest BCUT2D eigenvalue weighted by Gasteiger charge is 2.18. The Labute approximate surface area is 219 Å². The van der Waals surface area contributed by atoms with E-state index in [0.717, 1.165) is 49.2 Å². The SMILES string of the molecule is CCNC(=NCc1ccc(C)cc1OC1CCOC1)NCc1nccn1Cc1ccccc1.I. The zero-order chi connectivity index (χ0) is 22.9. The van der Waals surface area contributed by atoms with Gasteiger partial charge in [-0.2, -0.15) is 0 Å². The molecule has 182 valence electrons. The highest BCUT2D eigenvalue weighted by atomic mass is 127. The lowest BCUT2D eigenvalue weighted by molar-refractivity contribution is 0.140. The molecule has 1 aromatic heterocycles. The van der Waals surface area contributed by atoms with E-state index in [1.165, 1.54) is 11.1 Å².